The average Bonchev–Trinajstić information content (AvgIpc) is 2.67. The summed E-state index contributed by atoms with van der Waals surface area (Å²) >= 11 is 0. The highest BCUT2D eigenvalue weighted by Crippen LogP contribution is 2.26. The third-order valence-corrected chi connectivity index (χ3v) is 5.26. The summed E-state index contributed by atoms with van der Waals surface area (Å²) in [5, 5.41) is 2.95. The van der Waals surface area contributed by atoms with E-state index < -0.39 is 0 Å². The number of hydrogen-bond acceptors (Lipinski definition) is 4. The van der Waals surface area contributed by atoms with Crippen molar-refractivity contribution in [2.45, 2.75) is 38.7 Å². The Labute approximate surface area is 150 Å². The molecule has 1 aromatic rings. The van der Waals surface area contributed by atoms with Crippen molar-refractivity contribution in [3.63, 3.8) is 0 Å². The van der Waals surface area contributed by atoms with E-state index in [1.165, 1.54) is 19.3 Å². The van der Waals surface area contributed by atoms with Gasteiger partial charge in [0.15, 0.2) is 0 Å². The van der Waals surface area contributed by atoms with Gasteiger partial charge in [-0.15, -0.1) is 0 Å². The molecule has 3 rings (SSSR count). The Balaban J connectivity index is 1.40. The van der Waals surface area contributed by atoms with E-state index in [2.05, 4.69) is 17.1 Å². The number of amides is 1. The third-order valence-electron chi connectivity index (χ3n) is 5.26. The summed E-state index contributed by atoms with van der Waals surface area (Å²) in [4.78, 5) is 14.5. The van der Waals surface area contributed by atoms with Crippen LogP contribution in [0.5, 0.6) is 0 Å². The summed E-state index contributed by atoms with van der Waals surface area (Å²) in [5.74, 6) is 0.603. The second kappa shape index (κ2) is 9.20. The maximum absolute atomic E-state index is 12.2. The van der Waals surface area contributed by atoms with Crippen LogP contribution in [0, 0.1) is 5.92 Å². The number of nitrogens with zero attached hydrogens (tertiary/aromatic N) is 1. The molecule has 1 amide bonds. The Morgan fingerprint density at radius 3 is 2.64 bits per heavy atom. The number of hydrogen-bond donors (Lipinski definition) is 1. The summed E-state index contributed by atoms with van der Waals surface area (Å²) in [6.45, 7) is 6.76. The van der Waals surface area contributed by atoms with Crippen LogP contribution in [0.25, 0.3) is 0 Å². The Morgan fingerprint density at radius 1 is 1.20 bits per heavy atom. The largest absolute Gasteiger partial charge is 0.378 e. The molecule has 0 radical (unpaired) electrons. The van der Waals surface area contributed by atoms with Gasteiger partial charge in [0.05, 0.1) is 25.9 Å². The molecule has 0 unspecified atom stereocenters. The Bertz CT molecular complexity index is 540. The lowest BCUT2D eigenvalue weighted by Gasteiger charge is -2.29. The molecular formula is C20H30N2O3. The fourth-order valence-electron chi connectivity index (χ4n) is 3.65. The van der Waals surface area contributed by atoms with Crippen molar-refractivity contribution in [1.82, 2.24) is 5.32 Å². The van der Waals surface area contributed by atoms with Crippen LogP contribution in [0.15, 0.2) is 24.3 Å². The lowest BCUT2D eigenvalue weighted by molar-refractivity contribution is -0.00293. The standard InChI is InChI=1S/C20H30N2O3/c1-16-4-2-3-5-19(16)25-13-10-21-20(23)17-6-8-18(9-7-17)22-11-14-24-15-12-22/h6-9,16,19H,2-5,10-15H2,1H3,(H,21,23)/t16-,19+/m0/s1. The van der Waals surface area contributed by atoms with Crippen LogP contribution in [-0.2, 0) is 9.47 Å². The van der Waals surface area contributed by atoms with Crippen LogP contribution < -0.4 is 10.2 Å². The van der Waals surface area contributed by atoms with Crippen LogP contribution in [0.3, 0.4) is 0 Å². The van der Waals surface area contributed by atoms with Crippen molar-refractivity contribution in [3.8, 4) is 0 Å². The fraction of sp³-hybridized carbons (Fsp3) is 0.650. The van der Waals surface area contributed by atoms with Crippen molar-refractivity contribution >= 4 is 11.6 Å². The number of anilines is 1. The summed E-state index contributed by atoms with van der Waals surface area (Å²) in [6.07, 6.45) is 5.35. The van der Waals surface area contributed by atoms with Crippen molar-refractivity contribution in [3.05, 3.63) is 29.8 Å². The highest BCUT2D eigenvalue weighted by Gasteiger charge is 2.21. The van der Waals surface area contributed by atoms with Gasteiger partial charge in [0.1, 0.15) is 0 Å². The molecule has 1 heterocycles. The number of rotatable bonds is 6. The Kier molecular flexibility index (Phi) is 6.70. The number of benzene rings is 1. The van der Waals surface area contributed by atoms with Gasteiger partial charge >= 0.3 is 0 Å². The van der Waals surface area contributed by atoms with E-state index in [0.717, 1.165) is 38.4 Å². The Morgan fingerprint density at radius 2 is 1.92 bits per heavy atom. The van der Waals surface area contributed by atoms with Gasteiger partial charge in [-0.05, 0) is 43.0 Å². The summed E-state index contributed by atoms with van der Waals surface area (Å²) in [6, 6.07) is 7.81. The van der Waals surface area contributed by atoms with Crippen LogP contribution in [0.4, 0.5) is 5.69 Å². The van der Waals surface area contributed by atoms with Gasteiger partial charge in [0.2, 0.25) is 0 Å². The van der Waals surface area contributed by atoms with Crippen LogP contribution in [0.1, 0.15) is 43.0 Å². The first-order valence-electron chi connectivity index (χ1n) is 9.56. The number of nitrogens with one attached hydrogen (secondary N) is 1. The van der Waals surface area contributed by atoms with Crippen LogP contribution in [0.2, 0.25) is 0 Å². The predicted octanol–water partition coefficient (Wildman–Crippen LogP) is 2.85. The number of carbonyl (C=O) groups is 1. The maximum atomic E-state index is 12.2. The summed E-state index contributed by atoms with van der Waals surface area (Å²) < 4.78 is 11.3. The molecule has 25 heavy (non-hydrogen) atoms. The monoisotopic (exact) mass is 346 g/mol. The quantitative estimate of drug-likeness (QED) is 0.805. The third kappa shape index (κ3) is 5.19. The molecular weight excluding hydrogens is 316 g/mol. The highest BCUT2D eigenvalue weighted by molar-refractivity contribution is 5.94. The molecule has 0 bridgehead atoms. The van der Waals surface area contributed by atoms with Gasteiger partial charge < -0.3 is 19.7 Å². The minimum Gasteiger partial charge on any atom is -0.378 e. The second-order valence-corrected chi connectivity index (χ2v) is 7.07. The number of carbonyl (C=O) groups excluding carboxylic acids is 1. The Hall–Kier alpha value is -1.59. The van der Waals surface area contributed by atoms with E-state index in [1.807, 2.05) is 24.3 Å². The zero-order valence-electron chi connectivity index (χ0n) is 15.2. The summed E-state index contributed by atoms with van der Waals surface area (Å²) in [7, 11) is 0. The van der Waals surface area contributed by atoms with Gasteiger partial charge in [-0.1, -0.05) is 19.8 Å². The van der Waals surface area contributed by atoms with E-state index in [4.69, 9.17) is 9.47 Å². The maximum Gasteiger partial charge on any atom is 0.251 e. The van der Waals surface area contributed by atoms with E-state index in [9.17, 15) is 4.79 Å². The van der Waals surface area contributed by atoms with Crippen molar-refractivity contribution in [2.75, 3.05) is 44.4 Å². The average molecular weight is 346 g/mol. The minimum absolute atomic E-state index is 0.0335. The molecule has 0 aromatic heterocycles. The first-order valence-corrected chi connectivity index (χ1v) is 9.56. The lowest BCUT2D eigenvalue weighted by Crippen LogP contribution is -2.36. The van der Waals surface area contributed by atoms with E-state index >= 15 is 0 Å². The van der Waals surface area contributed by atoms with Crippen LogP contribution in [-0.4, -0.2) is 51.5 Å². The van der Waals surface area contributed by atoms with E-state index in [-0.39, 0.29) is 5.91 Å². The van der Waals surface area contributed by atoms with Gasteiger partial charge in [-0.3, -0.25) is 4.79 Å². The summed E-state index contributed by atoms with van der Waals surface area (Å²) in [5.41, 5.74) is 1.84. The van der Waals surface area contributed by atoms with Gasteiger partial charge in [-0.25, -0.2) is 0 Å². The fourth-order valence-corrected chi connectivity index (χ4v) is 3.65. The first-order chi connectivity index (χ1) is 12.2. The molecule has 1 N–H and O–H groups in total. The van der Waals surface area contributed by atoms with Crippen molar-refractivity contribution < 1.29 is 14.3 Å². The molecule has 0 spiro atoms. The normalized spacial score (nSPS) is 24.1. The zero-order chi connectivity index (χ0) is 17.5. The second-order valence-electron chi connectivity index (χ2n) is 7.07. The first kappa shape index (κ1) is 18.2. The van der Waals surface area contributed by atoms with E-state index in [1.54, 1.807) is 0 Å². The SMILES string of the molecule is C[C@H]1CCCC[C@H]1OCCNC(=O)c1ccc(N2CCOCC2)cc1. The molecule has 2 aliphatic rings. The molecule has 5 heteroatoms. The van der Waals surface area contributed by atoms with Crippen molar-refractivity contribution in [2.24, 2.45) is 5.92 Å². The number of ether oxygens (including phenoxy) is 2. The lowest BCUT2D eigenvalue weighted by atomic mass is 9.88. The molecule has 138 valence electrons. The molecule has 2 atom stereocenters. The molecule has 1 saturated heterocycles. The minimum atomic E-state index is -0.0335. The molecule has 2 fully saturated rings. The molecule has 5 nitrogen and oxygen atoms in total. The smallest absolute Gasteiger partial charge is 0.251 e. The zero-order valence-corrected chi connectivity index (χ0v) is 15.2. The predicted molar refractivity (Wildman–Crippen MR) is 99.2 cm³/mol. The topological polar surface area (TPSA) is 50.8 Å². The van der Waals surface area contributed by atoms with Gasteiger partial charge in [0.25, 0.3) is 5.91 Å². The van der Waals surface area contributed by atoms with Gasteiger partial charge in [0, 0.05) is 30.9 Å². The molecule has 1 saturated carbocycles. The molecule has 1 aliphatic carbocycles. The highest BCUT2D eigenvalue weighted by atomic mass is 16.5. The van der Waals surface area contributed by atoms with Crippen molar-refractivity contribution in [1.29, 1.82) is 0 Å². The number of morpholine rings is 1. The van der Waals surface area contributed by atoms with Gasteiger partial charge in [-0.2, -0.15) is 0 Å². The molecule has 1 aliphatic heterocycles. The van der Waals surface area contributed by atoms with E-state index in [0.29, 0.717) is 30.7 Å². The van der Waals surface area contributed by atoms with Crippen LogP contribution >= 0.6 is 0 Å². The molecule has 1 aromatic carbocycles.